The quantitative estimate of drug-likeness (QED) is 0.0283. The summed E-state index contributed by atoms with van der Waals surface area (Å²) < 4.78 is 33.3. The third-order valence-electron chi connectivity index (χ3n) is 10.3. The summed E-state index contributed by atoms with van der Waals surface area (Å²) >= 11 is 0. The molecule has 15 nitrogen and oxygen atoms in total. The molecule has 0 saturated carbocycles. The normalized spacial score (nSPS) is 28.0. The van der Waals surface area contributed by atoms with E-state index in [2.05, 4.69) is 62.5 Å². The van der Waals surface area contributed by atoms with Crippen molar-refractivity contribution in [1.29, 1.82) is 0 Å². The second-order valence-corrected chi connectivity index (χ2v) is 15.5. The molecule has 2 fully saturated rings. The molecule has 11 atom stereocenters. The highest BCUT2D eigenvalue weighted by Crippen LogP contribution is 2.26. The van der Waals surface area contributed by atoms with Crippen molar-refractivity contribution >= 4 is 11.9 Å². The second-order valence-electron chi connectivity index (χ2n) is 15.5. The molecule has 346 valence electrons. The molecule has 0 radical (unpaired) electrons. The fraction of sp³-hybridized carbons (Fsp3) is 0.778. The van der Waals surface area contributed by atoms with E-state index in [9.17, 15) is 45.3 Å². The summed E-state index contributed by atoms with van der Waals surface area (Å²) in [7, 11) is 0. The van der Waals surface area contributed by atoms with E-state index >= 15 is 0 Å². The Bertz CT molecular complexity index is 1240. The van der Waals surface area contributed by atoms with Crippen molar-refractivity contribution in [2.75, 3.05) is 26.4 Å². The minimum atomic E-state index is -1.77. The molecule has 0 aromatic rings. The molecule has 2 heterocycles. The number of esters is 2. The maximum Gasteiger partial charge on any atom is 0.306 e. The van der Waals surface area contributed by atoms with Gasteiger partial charge in [0.15, 0.2) is 18.7 Å². The summed E-state index contributed by atoms with van der Waals surface area (Å²) in [5.74, 6) is -0.982. The largest absolute Gasteiger partial charge is 0.462 e. The molecule has 0 bridgehead atoms. The summed E-state index contributed by atoms with van der Waals surface area (Å²) in [4.78, 5) is 25.5. The van der Waals surface area contributed by atoms with Crippen molar-refractivity contribution in [3.05, 3.63) is 48.6 Å². The molecule has 0 aromatic heterocycles. The highest BCUT2D eigenvalue weighted by Gasteiger charge is 2.47. The Balaban J connectivity index is 1.89. The first-order valence-corrected chi connectivity index (χ1v) is 22.2. The molecule has 0 aromatic carbocycles. The van der Waals surface area contributed by atoms with Crippen molar-refractivity contribution in [3.8, 4) is 0 Å². The van der Waals surface area contributed by atoms with Crippen LogP contribution in [0.1, 0.15) is 129 Å². The first-order chi connectivity index (χ1) is 29.0. The van der Waals surface area contributed by atoms with E-state index < -0.39 is 99.3 Å². The minimum absolute atomic E-state index is 0.112. The molecule has 15 heteroatoms. The Hall–Kier alpha value is -2.54. The van der Waals surface area contributed by atoms with Crippen molar-refractivity contribution in [2.24, 2.45) is 0 Å². The second kappa shape index (κ2) is 33.1. The van der Waals surface area contributed by atoms with Crippen LogP contribution in [0.25, 0.3) is 0 Å². The predicted molar refractivity (Wildman–Crippen MR) is 224 cm³/mol. The SMILES string of the molecule is CC/C=C/C/C=C/C/C=C/C/C=C/CCCCC(=O)O[C@H](COC(=O)CCCCCCCCCCC)CO[C@@H]1O[C@H](CO[C@@H]2O[C@H](CO)[C@H](O)C(O)C2O)[C@H](O)C(O)C1O. The standard InChI is InChI=1S/C45H76O15/c1-3-5-7-9-11-13-14-15-16-17-18-20-22-24-26-28-37(48)58-33(30-55-36(47)27-25-23-21-19-12-10-8-6-4-2)31-56-44-43(54)41(52)39(50)35(60-44)32-57-45-42(53)40(51)38(49)34(29-46)59-45/h5,7,11,13,15-16,18,20,33-35,38-46,49-54H,3-4,6,8-10,12,14,17,19,21-32H2,1-2H3/b7-5+,13-11+,16-15+,20-18+/t33-,34-,35-,38+,39+,40?,41?,42?,43?,44-,45-/m1/s1. The molecule has 2 saturated heterocycles. The molecule has 4 unspecified atom stereocenters. The van der Waals surface area contributed by atoms with E-state index in [0.717, 1.165) is 57.8 Å². The topological polar surface area (TPSA) is 231 Å². The van der Waals surface area contributed by atoms with Gasteiger partial charge in [-0.25, -0.2) is 0 Å². The zero-order valence-electron chi connectivity index (χ0n) is 35.9. The first kappa shape index (κ1) is 53.6. The van der Waals surface area contributed by atoms with Gasteiger partial charge < -0.3 is 64.2 Å². The molecule has 0 amide bonds. The molecule has 60 heavy (non-hydrogen) atoms. The number of carbonyl (C=O) groups is 2. The third-order valence-corrected chi connectivity index (χ3v) is 10.3. The van der Waals surface area contributed by atoms with Crippen LogP contribution in [0.5, 0.6) is 0 Å². The Kier molecular flexibility index (Phi) is 29.5. The Morgan fingerprint density at radius 1 is 0.550 bits per heavy atom. The number of rotatable bonds is 32. The Morgan fingerprint density at radius 2 is 1.05 bits per heavy atom. The molecule has 2 rings (SSSR count). The molecule has 2 aliphatic heterocycles. The monoisotopic (exact) mass is 857 g/mol. The Labute approximate surface area is 357 Å². The van der Waals surface area contributed by atoms with Gasteiger partial charge in [0.1, 0.15) is 55.4 Å². The molecule has 0 spiro atoms. The number of hydrogen-bond acceptors (Lipinski definition) is 15. The third kappa shape index (κ3) is 22.0. The fourth-order valence-corrected chi connectivity index (χ4v) is 6.62. The van der Waals surface area contributed by atoms with Crippen LogP contribution in [-0.2, 0) is 38.0 Å². The van der Waals surface area contributed by atoms with Gasteiger partial charge >= 0.3 is 11.9 Å². The van der Waals surface area contributed by atoms with Gasteiger partial charge in [-0.2, -0.15) is 0 Å². The number of hydrogen-bond donors (Lipinski definition) is 7. The van der Waals surface area contributed by atoms with Crippen molar-refractivity contribution < 1.29 is 73.8 Å². The van der Waals surface area contributed by atoms with Gasteiger partial charge in [0, 0.05) is 12.8 Å². The number of unbranched alkanes of at least 4 members (excludes halogenated alkanes) is 10. The maximum atomic E-state index is 12.9. The number of allylic oxidation sites excluding steroid dienone is 8. The predicted octanol–water partition coefficient (Wildman–Crippen LogP) is 4.37. The zero-order chi connectivity index (χ0) is 44.0. The lowest BCUT2D eigenvalue weighted by molar-refractivity contribution is -0.332. The molecular weight excluding hydrogens is 780 g/mol. The summed E-state index contributed by atoms with van der Waals surface area (Å²) in [5, 5.41) is 71.8. The maximum absolute atomic E-state index is 12.9. The van der Waals surface area contributed by atoms with Gasteiger partial charge in [-0.15, -0.1) is 0 Å². The van der Waals surface area contributed by atoms with E-state index in [4.69, 9.17) is 28.4 Å². The van der Waals surface area contributed by atoms with Gasteiger partial charge in [-0.05, 0) is 51.4 Å². The highest BCUT2D eigenvalue weighted by atomic mass is 16.7. The summed E-state index contributed by atoms with van der Waals surface area (Å²) in [6.45, 7) is 2.37. The summed E-state index contributed by atoms with van der Waals surface area (Å²) in [6.07, 6.45) is 16.0. The Morgan fingerprint density at radius 3 is 1.65 bits per heavy atom. The van der Waals surface area contributed by atoms with Gasteiger partial charge in [0.05, 0.1) is 19.8 Å². The zero-order valence-corrected chi connectivity index (χ0v) is 35.9. The van der Waals surface area contributed by atoms with Crippen LogP contribution in [0, 0.1) is 0 Å². The van der Waals surface area contributed by atoms with Crippen LogP contribution in [0.15, 0.2) is 48.6 Å². The van der Waals surface area contributed by atoms with Crippen LogP contribution in [0.2, 0.25) is 0 Å². The average Bonchev–Trinajstić information content (AvgIpc) is 3.24. The van der Waals surface area contributed by atoms with E-state index in [1.165, 1.54) is 32.1 Å². The molecule has 0 aliphatic carbocycles. The van der Waals surface area contributed by atoms with Crippen molar-refractivity contribution in [1.82, 2.24) is 0 Å². The van der Waals surface area contributed by atoms with Crippen LogP contribution < -0.4 is 0 Å². The van der Waals surface area contributed by atoms with E-state index in [-0.39, 0.29) is 19.4 Å². The minimum Gasteiger partial charge on any atom is -0.462 e. The van der Waals surface area contributed by atoms with Gasteiger partial charge in [0.2, 0.25) is 0 Å². The van der Waals surface area contributed by atoms with Gasteiger partial charge in [-0.1, -0.05) is 114 Å². The van der Waals surface area contributed by atoms with Crippen molar-refractivity contribution in [2.45, 2.75) is 197 Å². The number of aliphatic hydroxyl groups is 7. The van der Waals surface area contributed by atoms with Crippen LogP contribution in [0.4, 0.5) is 0 Å². The van der Waals surface area contributed by atoms with Gasteiger partial charge in [0.25, 0.3) is 0 Å². The first-order valence-electron chi connectivity index (χ1n) is 22.2. The lowest BCUT2D eigenvalue weighted by Gasteiger charge is -2.42. The number of aliphatic hydroxyl groups excluding tert-OH is 7. The molecule has 2 aliphatic rings. The highest BCUT2D eigenvalue weighted by molar-refractivity contribution is 5.70. The van der Waals surface area contributed by atoms with Crippen LogP contribution in [-0.4, -0.2) is 142 Å². The molecule has 7 N–H and O–H groups in total. The summed E-state index contributed by atoms with van der Waals surface area (Å²) in [5.41, 5.74) is 0. The number of carbonyl (C=O) groups excluding carboxylic acids is 2. The van der Waals surface area contributed by atoms with E-state index in [0.29, 0.717) is 12.8 Å². The van der Waals surface area contributed by atoms with Crippen LogP contribution in [0.3, 0.4) is 0 Å². The summed E-state index contributed by atoms with van der Waals surface area (Å²) in [6, 6.07) is 0. The van der Waals surface area contributed by atoms with Crippen molar-refractivity contribution in [3.63, 3.8) is 0 Å². The smallest absolute Gasteiger partial charge is 0.306 e. The lowest BCUT2D eigenvalue weighted by Crippen LogP contribution is -2.61. The fourth-order valence-electron chi connectivity index (χ4n) is 6.62. The van der Waals surface area contributed by atoms with Crippen LogP contribution >= 0.6 is 0 Å². The van der Waals surface area contributed by atoms with E-state index in [1.54, 1.807) is 0 Å². The average molecular weight is 857 g/mol. The van der Waals surface area contributed by atoms with Gasteiger partial charge in [-0.3, -0.25) is 9.59 Å². The van der Waals surface area contributed by atoms with E-state index in [1.807, 2.05) is 0 Å². The number of ether oxygens (including phenoxy) is 6. The molecular formula is C45H76O15. The lowest BCUT2D eigenvalue weighted by atomic mass is 9.98.